The summed E-state index contributed by atoms with van der Waals surface area (Å²) in [5, 5.41) is 1.50. The van der Waals surface area contributed by atoms with Crippen molar-refractivity contribution >= 4 is 28.2 Å². The maximum atomic E-state index is 5.67. The first-order valence-corrected chi connectivity index (χ1v) is 8.18. The molecule has 5 heteroatoms. The minimum atomic E-state index is 0.689. The highest BCUT2D eigenvalue weighted by Crippen LogP contribution is 2.24. The number of anilines is 1. The third-order valence-electron chi connectivity index (χ3n) is 3.07. The third-order valence-corrected chi connectivity index (χ3v) is 5.07. The Balaban J connectivity index is 1.90. The molecule has 96 valence electrons. The van der Waals surface area contributed by atoms with Gasteiger partial charge in [-0.3, -0.25) is 4.90 Å². The first-order valence-electron chi connectivity index (χ1n) is 6.32. The second-order valence-electron chi connectivity index (χ2n) is 4.47. The Morgan fingerprint density at radius 3 is 3.18 bits per heavy atom. The number of likely N-dealkylation sites (tertiary alicyclic amines) is 1. The summed E-state index contributed by atoms with van der Waals surface area (Å²) in [6.07, 6.45) is 6.00. The summed E-state index contributed by atoms with van der Waals surface area (Å²) in [4.78, 5) is 7.98. The molecule has 1 atom stereocenters. The maximum Gasteiger partial charge on any atom is 0.180 e. The Morgan fingerprint density at radius 2 is 2.47 bits per heavy atom. The lowest BCUT2D eigenvalue weighted by molar-refractivity contribution is 0.282. The van der Waals surface area contributed by atoms with Gasteiger partial charge in [0, 0.05) is 29.4 Å². The molecule has 1 fully saturated rings. The SMILES string of the molecule is CCSC1CCCCN(Cc2cnc(N)s2)C1. The molecule has 1 saturated heterocycles. The fourth-order valence-electron chi connectivity index (χ4n) is 2.31. The molecule has 0 saturated carbocycles. The summed E-state index contributed by atoms with van der Waals surface area (Å²) in [6, 6.07) is 0. The third kappa shape index (κ3) is 4.16. The summed E-state index contributed by atoms with van der Waals surface area (Å²) in [6.45, 7) is 5.72. The molecule has 1 aromatic rings. The van der Waals surface area contributed by atoms with Gasteiger partial charge in [0.1, 0.15) is 0 Å². The van der Waals surface area contributed by atoms with Crippen LogP contribution in [0.2, 0.25) is 0 Å². The fraction of sp³-hybridized carbons (Fsp3) is 0.750. The second-order valence-corrected chi connectivity index (χ2v) is 7.20. The van der Waals surface area contributed by atoms with E-state index in [4.69, 9.17) is 5.73 Å². The van der Waals surface area contributed by atoms with Crippen molar-refractivity contribution in [2.75, 3.05) is 24.6 Å². The van der Waals surface area contributed by atoms with Crippen LogP contribution in [0.4, 0.5) is 5.13 Å². The molecular formula is C12H21N3S2. The maximum absolute atomic E-state index is 5.67. The fourth-order valence-corrected chi connectivity index (χ4v) is 4.16. The Bertz CT molecular complexity index is 340. The molecule has 0 amide bonds. The molecule has 2 heterocycles. The molecule has 2 N–H and O–H groups in total. The van der Waals surface area contributed by atoms with Crippen molar-refractivity contribution in [3.05, 3.63) is 11.1 Å². The Labute approximate surface area is 112 Å². The number of nitrogen functional groups attached to an aromatic ring is 1. The summed E-state index contributed by atoms with van der Waals surface area (Å²) in [5.41, 5.74) is 5.67. The van der Waals surface area contributed by atoms with E-state index in [0.29, 0.717) is 5.13 Å². The topological polar surface area (TPSA) is 42.2 Å². The van der Waals surface area contributed by atoms with E-state index in [1.807, 2.05) is 6.20 Å². The summed E-state index contributed by atoms with van der Waals surface area (Å²) >= 11 is 3.73. The van der Waals surface area contributed by atoms with Gasteiger partial charge in [-0.1, -0.05) is 13.3 Å². The predicted molar refractivity (Wildman–Crippen MR) is 77.6 cm³/mol. The van der Waals surface area contributed by atoms with Gasteiger partial charge < -0.3 is 5.73 Å². The first-order chi connectivity index (χ1) is 8.28. The normalized spacial score (nSPS) is 22.5. The zero-order chi connectivity index (χ0) is 12.1. The van der Waals surface area contributed by atoms with Crippen LogP contribution in [0.5, 0.6) is 0 Å². The van der Waals surface area contributed by atoms with E-state index < -0.39 is 0 Å². The average molecular weight is 271 g/mol. The average Bonchev–Trinajstić information content (AvgIpc) is 2.58. The van der Waals surface area contributed by atoms with Crippen molar-refractivity contribution < 1.29 is 0 Å². The standard InChI is InChI=1S/C12H21N3S2/c1-2-16-10-5-3-4-6-15(8-10)9-11-7-14-12(13)17-11/h7,10H,2-6,8-9H2,1H3,(H2,13,14). The molecule has 0 aromatic carbocycles. The molecule has 2 rings (SSSR count). The minimum absolute atomic E-state index is 0.689. The first kappa shape index (κ1) is 13.2. The van der Waals surface area contributed by atoms with Gasteiger partial charge >= 0.3 is 0 Å². The van der Waals surface area contributed by atoms with E-state index in [9.17, 15) is 0 Å². The number of nitrogens with two attached hydrogens (primary N) is 1. The number of hydrogen-bond donors (Lipinski definition) is 1. The molecule has 0 radical (unpaired) electrons. The van der Waals surface area contributed by atoms with Crippen molar-refractivity contribution in [1.29, 1.82) is 0 Å². The molecule has 1 aliphatic rings. The number of hydrogen-bond acceptors (Lipinski definition) is 5. The van der Waals surface area contributed by atoms with Crippen LogP contribution < -0.4 is 5.73 Å². The van der Waals surface area contributed by atoms with E-state index >= 15 is 0 Å². The quantitative estimate of drug-likeness (QED) is 0.914. The molecule has 0 bridgehead atoms. The summed E-state index contributed by atoms with van der Waals surface area (Å²) < 4.78 is 0. The highest BCUT2D eigenvalue weighted by Gasteiger charge is 2.18. The van der Waals surface area contributed by atoms with Gasteiger partial charge in [0.15, 0.2) is 5.13 Å². The van der Waals surface area contributed by atoms with Crippen LogP contribution in [0.15, 0.2) is 6.20 Å². The number of aromatic nitrogens is 1. The zero-order valence-corrected chi connectivity index (χ0v) is 12.0. The van der Waals surface area contributed by atoms with Crippen molar-refractivity contribution in [3.63, 3.8) is 0 Å². The van der Waals surface area contributed by atoms with Gasteiger partial charge in [-0.25, -0.2) is 4.98 Å². The van der Waals surface area contributed by atoms with E-state index in [-0.39, 0.29) is 0 Å². The van der Waals surface area contributed by atoms with E-state index in [1.165, 1.54) is 43.0 Å². The Hall–Kier alpha value is -0.260. The van der Waals surface area contributed by atoms with Crippen LogP contribution in [0.1, 0.15) is 31.1 Å². The summed E-state index contributed by atoms with van der Waals surface area (Å²) in [7, 11) is 0. The highest BCUT2D eigenvalue weighted by molar-refractivity contribution is 7.99. The van der Waals surface area contributed by atoms with Crippen molar-refractivity contribution in [1.82, 2.24) is 9.88 Å². The van der Waals surface area contributed by atoms with E-state index in [2.05, 4.69) is 28.6 Å². The molecule has 1 aromatic heterocycles. The Morgan fingerprint density at radius 1 is 1.59 bits per heavy atom. The van der Waals surface area contributed by atoms with Gasteiger partial charge in [0.2, 0.25) is 0 Å². The highest BCUT2D eigenvalue weighted by atomic mass is 32.2. The molecular weight excluding hydrogens is 250 g/mol. The predicted octanol–water partition coefficient (Wildman–Crippen LogP) is 2.83. The molecule has 1 aliphatic heterocycles. The number of thiazole rings is 1. The van der Waals surface area contributed by atoms with Crippen molar-refractivity contribution in [2.45, 2.75) is 38.0 Å². The Kier molecular flexibility index (Phi) is 5.13. The van der Waals surface area contributed by atoms with Crippen LogP contribution in [0.25, 0.3) is 0 Å². The largest absolute Gasteiger partial charge is 0.375 e. The molecule has 1 unspecified atom stereocenters. The minimum Gasteiger partial charge on any atom is -0.375 e. The molecule has 3 nitrogen and oxygen atoms in total. The molecule has 17 heavy (non-hydrogen) atoms. The van der Waals surface area contributed by atoms with E-state index in [1.54, 1.807) is 11.3 Å². The smallest absolute Gasteiger partial charge is 0.180 e. The van der Waals surface area contributed by atoms with Gasteiger partial charge in [0.25, 0.3) is 0 Å². The van der Waals surface area contributed by atoms with Gasteiger partial charge in [0.05, 0.1) is 0 Å². The molecule has 0 aliphatic carbocycles. The zero-order valence-electron chi connectivity index (χ0n) is 10.4. The van der Waals surface area contributed by atoms with Gasteiger partial charge in [-0.05, 0) is 25.1 Å². The van der Waals surface area contributed by atoms with Crippen LogP contribution in [0.3, 0.4) is 0 Å². The lowest BCUT2D eigenvalue weighted by atomic mass is 10.2. The van der Waals surface area contributed by atoms with E-state index in [0.717, 1.165) is 11.8 Å². The summed E-state index contributed by atoms with van der Waals surface area (Å²) in [5.74, 6) is 1.23. The lowest BCUT2D eigenvalue weighted by Gasteiger charge is -2.22. The van der Waals surface area contributed by atoms with Gasteiger partial charge in [-0.2, -0.15) is 11.8 Å². The number of nitrogens with zero attached hydrogens (tertiary/aromatic N) is 2. The van der Waals surface area contributed by atoms with Crippen molar-refractivity contribution in [3.8, 4) is 0 Å². The monoisotopic (exact) mass is 271 g/mol. The van der Waals surface area contributed by atoms with Crippen LogP contribution in [0, 0.1) is 0 Å². The number of thioether (sulfide) groups is 1. The molecule has 0 spiro atoms. The van der Waals surface area contributed by atoms with Crippen molar-refractivity contribution in [2.24, 2.45) is 0 Å². The second kappa shape index (κ2) is 6.61. The van der Waals surface area contributed by atoms with Crippen LogP contribution in [-0.4, -0.2) is 34.0 Å². The van der Waals surface area contributed by atoms with Gasteiger partial charge in [-0.15, -0.1) is 11.3 Å². The number of rotatable bonds is 4. The van der Waals surface area contributed by atoms with Crippen LogP contribution >= 0.6 is 23.1 Å². The van der Waals surface area contributed by atoms with Crippen LogP contribution in [-0.2, 0) is 6.54 Å². The lowest BCUT2D eigenvalue weighted by Crippen LogP contribution is -2.29.